The Morgan fingerprint density at radius 3 is 2.29 bits per heavy atom. The van der Waals surface area contributed by atoms with Crippen molar-refractivity contribution in [2.24, 2.45) is 5.16 Å². The van der Waals surface area contributed by atoms with Crippen molar-refractivity contribution >= 4 is 5.71 Å². The fourth-order valence-corrected chi connectivity index (χ4v) is 1.70. The van der Waals surface area contributed by atoms with Gasteiger partial charge in [0.25, 0.3) is 0 Å². The highest BCUT2D eigenvalue weighted by Crippen LogP contribution is 2.21. The van der Waals surface area contributed by atoms with Crippen LogP contribution in [-0.4, -0.2) is 18.0 Å². The lowest BCUT2D eigenvalue weighted by atomic mass is 10.0. The van der Waals surface area contributed by atoms with Crippen LogP contribution in [0.2, 0.25) is 0 Å². The molecule has 0 aliphatic heterocycles. The summed E-state index contributed by atoms with van der Waals surface area (Å²) < 4.78 is 5.26. The van der Waals surface area contributed by atoms with Gasteiger partial charge in [0, 0.05) is 11.1 Å². The van der Waals surface area contributed by atoms with Crippen LogP contribution in [0.5, 0.6) is 5.75 Å². The molecule has 0 fully saturated rings. The van der Waals surface area contributed by atoms with E-state index in [0.29, 0.717) is 11.5 Å². The molecule has 2 rings (SSSR count). The average Bonchev–Trinajstić information content (AvgIpc) is 2.41. The van der Waals surface area contributed by atoms with Gasteiger partial charge in [-0.2, -0.15) is 0 Å². The summed E-state index contributed by atoms with van der Waals surface area (Å²) in [5.74, 6) is 0.684. The number of oxime groups is 1. The summed E-state index contributed by atoms with van der Waals surface area (Å²) in [6, 6.07) is 17.0. The lowest BCUT2D eigenvalue weighted by molar-refractivity contribution is 0.319. The molecule has 17 heavy (non-hydrogen) atoms. The largest absolute Gasteiger partial charge is 0.496 e. The number of para-hydroxylation sites is 1. The first kappa shape index (κ1) is 11.2. The molecule has 0 bridgehead atoms. The van der Waals surface area contributed by atoms with E-state index >= 15 is 0 Å². The Hall–Kier alpha value is -2.29. The molecule has 2 aromatic carbocycles. The summed E-state index contributed by atoms with van der Waals surface area (Å²) in [7, 11) is 1.60. The number of hydrogen-bond acceptors (Lipinski definition) is 3. The average molecular weight is 227 g/mol. The van der Waals surface area contributed by atoms with Gasteiger partial charge in [0.05, 0.1) is 7.11 Å². The monoisotopic (exact) mass is 227 g/mol. The second-order valence-corrected chi connectivity index (χ2v) is 3.51. The highest BCUT2D eigenvalue weighted by Gasteiger charge is 2.11. The zero-order valence-electron chi connectivity index (χ0n) is 9.50. The minimum Gasteiger partial charge on any atom is -0.496 e. The fourth-order valence-electron chi connectivity index (χ4n) is 1.70. The first-order valence-corrected chi connectivity index (χ1v) is 5.27. The maximum absolute atomic E-state index is 9.19. The molecule has 86 valence electrons. The first-order chi connectivity index (χ1) is 8.36. The third-order valence-corrected chi connectivity index (χ3v) is 2.51. The van der Waals surface area contributed by atoms with Crippen LogP contribution in [0.1, 0.15) is 11.1 Å². The minimum atomic E-state index is 0.503. The van der Waals surface area contributed by atoms with Crippen molar-refractivity contribution in [3.05, 3.63) is 65.7 Å². The molecule has 3 heteroatoms. The number of benzene rings is 2. The van der Waals surface area contributed by atoms with Gasteiger partial charge in [-0.1, -0.05) is 47.6 Å². The van der Waals surface area contributed by atoms with Gasteiger partial charge in [-0.05, 0) is 12.1 Å². The van der Waals surface area contributed by atoms with Gasteiger partial charge >= 0.3 is 0 Å². The highest BCUT2D eigenvalue weighted by molar-refractivity contribution is 6.14. The molecule has 0 aliphatic rings. The van der Waals surface area contributed by atoms with E-state index in [9.17, 15) is 5.21 Å². The molecule has 0 aromatic heterocycles. The molecule has 0 atom stereocenters. The molecule has 0 unspecified atom stereocenters. The van der Waals surface area contributed by atoms with Crippen LogP contribution in [0.4, 0.5) is 0 Å². The van der Waals surface area contributed by atoms with Gasteiger partial charge in [-0.3, -0.25) is 0 Å². The predicted molar refractivity (Wildman–Crippen MR) is 66.9 cm³/mol. The SMILES string of the molecule is COc1ccccc1/C(=N/O)c1ccccc1. The Morgan fingerprint density at radius 1 is 1.00 bits per heavy atom. The van der Waals surface area contributed by atoms with E-state index in [1.807, 2.05) is 54.6 Å². The van der Waals surface area contributed by atoms with E-state index in [1.165, 1.54) is 0 Å². The van der Waals surface area contributed by atoms with Crippen LogP contribution >= 0.6 is 0 Å². The van der Waals surface area contributed by atoms with Crippen LogP contribution < -0.4 is 4.74 Å². The van der Waals surface area contributed by atoms with Crippen molar-refractivity contribution in [3.8, 4) is 5.75 Å². The van der Waals surface area contributed by atoms with Gasteiger partial charge in [0.15, 0.2) is 0 Å². The normalized spacial score (nSPS) is 11.2. The third kappa shape index (κ3) is 2.28. The van der Waals surface area contributed by atoms with E-state index in [-0.39, 0.29) is 0 Å². The quantitative estimate of drug-likeness (QED) is 0.497. The van der Waals surface area contributed by atoms with Gasteiger partial charge < -0.3 is 9.94 Å². The van der Waals surface area contributed by atoms with E-state index < -0.39 is 0 Å². The predicted octanol–water partition coefficient (Wildman–Crippen LogP) is 2.92. The molecule has 0 saturated heterocycles. The molecule has 0 heterocycles. The van der Waals surface area contributed by atoms with E-state index in [4.69, 9.17) is 4.74 Å². The molecule has 3 nitrogen and oxygen atoms in total. The van der Waals surface area contributed by atoms with Crippen molar-refractivity contribution in [3.63, 3.8) is 0 Å². The van der Waals surface area contributed by atoms with Crippen molar-refractivity contribution in [2.45, 2.75) is 0 Å². The van der Waals surface area contributed by atoms with E-state index in [0.717, 1.165) is 11.1 Å². The molecule has 1 N–H and O–H groups in total. The summed E-state index contributed by atoms with van der Waals surface area (Å²) in [6.07, 6.45) is 0. The Morgan fingerprint density at radius 2 is 1.65 bits per heavy atom. The second-order valence-electron chi connectivity index (χ2n) is 3.51. The van der Waals surface area contributed by atoms with Crippen molar-refractivity contribution in [1.82, 2.24) is 0 Å². The minimum absolute atomic E-state index is 0.503. The number of hydrogen-bond donors (Lipinski definition) is 1. The maximum atomic E-state index is 9.19. The van der Waals surface area contributed by atoms with Crippen molar-refractivity contribution in [2.75, 3.05) is 7.11 Å². The first-order valence-electron chi connectivity index (χ1n) is 5.27. The Balaban J connectivity index is 2.51. The Bertz CT molecular complexity index is 521. The topological polar surface area (TPSA) is 41.8 Å². The number of methoxy groups -OCH3 is 1. The van der Waals surface area contributed by atoms with E-state index in [1.54, 1.807) is 7.11 Å². The summed E-state index contributed by atoms with van der Waals surface area (Å²) in [4.78, 5) is 0. The third-order valence-electron chi connectivity index (χ3n) is 2.51. The Labute approximate surface area is 100.0 Å². The van der Waals surface area contributed by atoms with Gasteiger partial charge in [-0.25, -0.2) is 0 Å². The lowest BCUT2D eigenvalue weighted by Crippen LogP contribution is -2.05. The van der Waals surface area contributed by atoms with Crippen LogP contribution in [0.3, 0.4) is 0 Å². The van der Waals surface area contributed by atoms with Crippen LogP contribution in [-0.2, 0) is 0 Å². The number of rotatable bonds is 3. The van der Waals surface area contributed by atoms with Crippen LogP contribution in [0.15, 0.2) is 59.8 Å². The molecule has 0 aliphatic carbocycles. The van der Waals surface area contributed by atoms with Gasteiger partial charge in [-0.15, -0.1) is 0 Å². The van der Waals surface area contributed by atoms with Crippen molar-refractivity contribution < 1.29 is 9.94 Å². The molecule has 2 aromatic rings. The summed E-state index contributed by atoms with van der Waals surface area (Å²) in [6.45, 7) is 0. The number of nitrogens with zero attached hydrogens (tertiary/aromatic N) is 1. The molecule has 0 spiro atoms. The molecule has 0 radical (unpaired) electrons. The maximum Gasteiger partial charge on any atom is 0.128 e. The molecule has 0 amide bonds. The zero-order valence-corrected chi connectivity index (χ0v) is 9.50. The summed E-state index contributed by atoms with van der Waals surface area (Å²) in [5.41, 5.74) is 2.12. The smallest absolute Gasteiger partial charge is 0.128 e. The highest BCUT2D eigenvalue weighted by atomic mass is 16.5. The molecule has 0 saturated carbocycles. The Kier molecular flexibility index (Phi) is 3.40. The molecular weight excluding hydrogens is 214 g/mol. The zero-order chi connectivity index (χ0) is 12.1. The second kappa shape index (κ2) is 5.16. The fraction of sp³-hybridized carbons (Fsp3) is 0.0714. The number of ether oxygens (including phenoxy) is 1. The van der Waals surface area contributed by atoms with Gasteiger partial charge in [0.1, 0.15) is 11.5 Å². The van der Waals surface area contributed by atoms with Gasteiger partial charge in [0.2, 0.25) is 0 Å². The lowest BCUT2D eigenvalue weighted by Gasteiger charge is -2.09. The summed E-state index contributed by atoms with van der Waals surface area (Å²) in [5, 5.41) is 12.6. The van der Waals surface area contributed by atoms with Crippen molar-refractivity contribution in [1.29, 1.82) is 0 Å². The van der Waals surface area contributed by atoms with E-state index in [2.05, 4.69) is 5.16 Å². The van der Waals surface area contributed by atoms with Crippen LogP contribution in [0, 0.1) is 0 Å². The molecular formula is C14H13NO2. The van der Waals surface area contributed by atoms with Crippen LogP contribution in [0.25, 0.3) is 0 Å². The standard InChI is InChI=1S/C14H13NO2/c1-17-13-10-6-5-9-12(13)14(15-16)11-7-3-2-4-8-11/h2-10,16H,1H3/b15-14+. The summed E-state index contributed by atoms with van der Waals surface area (Å²) >= 11 is 0.